The SMILES string of the molecule is C=CNC1CCCC1CC(C)C=O. The number of nitrogens with one attached hydrogen (secondary N) is 1. The van der Waals surface area contributed by atoms with E-state index in [2.05, 4.69) is 11.9 Å². The molecule has 0 saturated heterocycles. The molecule has 1 aliphatic carbocycles. The molecule has 0 bridgehead atoms. The van der Waals surface area contributed by atoms with Crippen LogP contribution in [0.25, 0.3) is 0 Å². The van der Waals surface area contributed by atoms with E-state index in [0.29, 0.717) is 12.0 Å². The predicted octanol–water partition coefficient (Wildman–Crippen LogP) is 2.11. The Labute approximate surface area is 80.4 Å². The van der Waals surface area contributed by atoms with Crippen LogP contribution in [0.3, 0.4) is 0 Å². The zero-order valence-corrected chi connectivity index (χ0v) is 8.33. The number of rotatable bonds is 5. The lowest BCUT2D eigenvalue weighted by Crippen LogP contribution is -2.29. The van der Waals surface area contributed by atoms with Crippen molar-refractivity contribution in [3.63, 3.8) is 0 Å². The molecule has 0 aromatic heterocycles. The lowest BCUT2D eigenvalue weighted by atomic mass is 9.92. The van der Waals surface area contributed by atoms with Crippen molar-refractivity contribution in [1.82, 2.24) is 5.32 Å². The van der Waals surface area contributed by atoms with E-state index in [4.69, 9.17) is 0 Å². The maximum atomic E-state index is 10.5. The van der Waals surface area contributed by atoms with E-state index in [1.807, 2.05) is 6.92 Å². The van der Waals surface area contributed by atoms with Crippen molar-refractivity contribution >= 4 is 6.29 Å². The first-order chi connectivity index (χ1) is 6.27. The number of aldehydes is 1. The van der Waals surface area contributed by atoms with Crippen molar-refractivity contribution in [2.24, 2.45) is 11.8 Å². The van der Waals surface area contributed by atoms with Crippen LogP contribution in [0.4, 0.5) is 0 Å². The molecular formula is C11H19NO. The molecule has 1 N–H and O–H groups in total. The van der Waals surface area contributed by atoms with Crippen LogP contribution in [0.15, 0.2) is 12.8 Å². The highest BCUT2D eigenvalue weighted by Crippen LogP contribution is 2.30. The summed E-state index contributed by atoms with van der Waals surface area (Å²) in [4.78, 5) is 10.5. The summed E-state index contributed by atoms with van der Waals surface area (Å²) in [6.45, 7) is 5.67. The van der Waals surface area contributed by atoms with Crippen molar-refractivity contribution in [2.45, 2.75) is 38.6 Å². The van der Waals surface area contributed by atoms with E-state index in [1.54, 1.807) is 6.20 Å². The summed E-state index contributed by atoms with van der Waals surface area (Å²) in [5.74, 6) is 0.871. The molecule has 1 fully saturated rings. The summed E-state index contributed by atoms with van der Waals surface area (Å²) >= 11 is 0. The van der Waals surface area contributed by atoms with Gasteiger partial charge in [-0.05, 0) is 31.4 Å². The molecule has 0 amide bonds. The van der Waals surface area contributed by atoms with Gasteiger partial charge in [-0.15, -0.1) is 0 Å². The first-order valence-corrected chi connectivity index (χ1v) is 5.10. The standard InChI is InChI=1S/C11H19NO/c1-3-12-11-6-4-5-10(11)7-9(2)8-13/h3,8-12H,1,4-7H2,2H3. The van der Waals surface area contributed by atoms with Crippen molar-refractivity contribution in [3.05, 3.63) is 12.8 Å². The van der Waals surface area contributed by atoms with Gasteiger partial charge in [0.2, 0.25) is 0 Å². The van der Waals surface area contributed by atoms with Crippen molar-refractivity contribution < 1.29 is 4.79 Å². The van der Waals surface area contributed by atoms with Crippen molar-refractivity contribution in [2.75, 3.05) is 0 Å². The summed E-state index contributed by atoms with van der Waals surface area (Å²) in [5.41, 5.74) is 0. The van der Waals surface area contributed by atoms with Crippen molar-refractivity contribution in [1.29, 1.82) is 0 Å². The van der Waals surface area contributed by atoms with Gasteiger partial charge in [0.05, 0.1) is 0 Å². The highest BCUT2D eigenvalue weighted by Gasteiger charge is 2.27. The molecule has 1 rings (SSSR count). The van der Waals surface area contributed by atoms with Crippen molar-refractivity contribution in [3.8, 4) is 0 Å². The van der Waals surface area contributed by atoms with Crippen LogP contribution < -0.4 is 5.32 Å². The van der Waals surface area contributed by atoms with Gasteiger partial charge >= 0.3 is 0 Å². The first kappa shape index (κ1) is 10.3. The fourth-order valence-corrected chi connectivity index (χ4v) is 2.22. The maximum absolute atomic E-state index is 10.5. The number of carbonyl (C=O) groups excluding carboxylic acids is 1. The van der Waals surface area contributed by atoms with Crippen LogP contribution in [0, 0.1) is 11.8 Å². The third-order valence-corrected chi connectivity index (χ3v) is 2.90. The second-order valence-electron chi connectivity index (χ2n) is 4.02. The van der Waals surface area contributed by atoms with Crippen LogP contribution in [0.2, 0.25) is 0 Å². The zero-order valence-electron chi connectivity index (χ0n) is 8.33. The second kappa shape index (κ2) is 5.05. The third-order valence-electron chi connectivity index (χ3n) is 2.90. The third kappa shape index (κ3) is 2.87. The Balaban J connectivity index is 2.38. The Kier molecular flexibility index (Phi) is 4.00. The molecule has 0 spiro atoms. The van der Waals surface area contributed by atoms with E-state index in [1.165, 1.54) is 19.3 Å². The molecule has 74 valence electrons. The molecule has 0 aromatic rings. The molecule has 0 heterocycles. The monoisotopic (exact) mass is 181 g/mol. The Bertz CT molecular complexity index is 179. The van der Waals surface area contributed by atoms with Gasteiger partial charge in [0.15, 0.2) is 0 Å². The topological polar surface area (TPSA) is 29.1 Å². The van der Waals surface area contributed by atoms with Gasteiger partial charge in [-0.3, -0.25) is 0 Å². The number of hydrogen-bond donors (Lipinski definition) is 1. The minimum absolute atomic E-state index is 0.206. The molecule has 3 unspecified atom stereocenters. The van der Waals surface area contributed by atoms with Crippen LogP contribution in [0.1, 0.15) is 32.6 Å². The molecular weight excluding hydrogens is 162 g/mol. The first-order valence-electron chi connectivity index (χ1n) is 5.10. The summed E-state index contributed by atoms with van der Waals surface area (Å²) < 4.78 is 0. The smallest absolute Gasteiger partial charge is 0.122 e. The van der Waals surface area contributed by atoms with Gasteiger partial charge in [0, 0.05) is 12.0 Å². The van der Waals surface area contributed by atoms with E-state index in [9.17, 15) is 4.79 Å². The average molecular weight is 181 g/mol. The fraction of sp³-hybridized carbons (Fsp3) is 0.727. The van der Waals surface area contributed by atoms with Gasteiger partial charge in [0.1, 0.15) is 6.29 Å². The summed E-state index contributed by atoms with van der Waals surface area (Å²) in [6.07, 6.45) is 7.61. The maximum Gasteiger partial charge on any atom is 0.122 e. The molecule has 13 heavy (non-hydrogen) atoms. The van der Waals surface area contributed by atoms with Crippen LogP contribution in [-0.4, -0.2) is 12.3 Å². The van der Waals surface area contributed by atoms with E-state index in [-0.39, 0.29) is 5.92 Å². The molecule has 0 aliphatic heterocycles. The largest absolute Gasteiger partial charge is 0.388 e. The second-order valence-corrected chi connectivity index (χ2v) is 4.02. The number of hydrogen-bond acceptors (Lipinski definition) is 2. The summed E-state index contributed by atoms with van der Waals surface area (Å²) in [6, 6.07) is 0.555. The molecule has 1 saturated carbocycles. The van der Waals surface area contributed by atoms with E-state index >= 15 is 0 Å². The Hall–Kier alpha value is -0.790. The highest BCUT2D eigenvalue weighted by molar-refractivity contribution is 5.52. The molecule has 1 aliphatic rings. The van der Waals surface area contributed by atoms with Crippen LogP contribution in [0.5, 0.6) is 0 Å². The predicted molar refractivity (Wildman–Crippen MR) is 54.3 cm³/mol. The zero-order chi connectivity index (χ0) is 9.68. The molecule has 2 heteroatoms. The van der Waals surface area contributed by atoms with Crippen LogP contribution in [-0.2, 0) is 4.79 Å². The van der Waals surface area contributed by atoms with Crippen LogP contribution >= 0.6 is 0 Å². The normalized spacial score (nSPS) is 29.6. The fourth-order valence-electron chi connectivity index (χ4n) is 2.22. The number of carbonyl (C=O) groups is 1. The minimum atomic E-state index is 0.206. The van der Waals surface area contributed by atoms with E-state index < -0.39 is 0 Å². The summed E-state index contributed by atoms with van der Waals surface area (Å²) in [5, 5.41) is 3.27. The Morgan fingerprint density at radius 2 is 2.38 bits per heavy atom. The Morgan fingerprint density at radius 3 is 3.00 bits per heavy atom. The average Bonchev–Trinajstić information content (AvgIpc) is 2.54. The van der Waals surface area contributed by atoms with E-state index in [0.717, 1.165) is 12.7 Å². The van der Waals surface area contributed by atoms with Gasteiger partial charge in [-0.1, -0.05) is 19.9 Å². The summed E-state index contributed by atoms with van der Waals surface area (Å²) in [7, 11) is 0. The lowest BCUT2D eigenvalue weighted by molar-refractivity contribution is -0.111. The highest BCUT2D eigenvalue weighted by atomic mass is 16.1. The lowest BCUT2D eigenvalue weighted by Gasteiger charge is -2.20. The molecule has 3 atom stereocenters. The van der Waals surface area contributed by atoms with Gasteiger partial charge in [-0.2, -0.15) is 0 Å². The molecule has 0 aromatic carbocycles. The van der Waals surface area contributed by atoms with Gasteiger partial charge in [-0.25, -0.2) is 0 Å². The van der Waals surface area contributed by atoms with Gasteiger partial charge < -0.3 is 10.1 Å². The Morgan fingerprint density at radius 1 is 1.62 bits per heavy atom. The minimum Gasteiger partial charge on any atom is -0.388 e. The van der Waals surface area contributed by atoms with Gasteiger partial charge in [0.25, 0.3) is 0 Å². The molecule has 2 nitrogen and oxygen atoms in total. The quantitative estimate of drug-likeness (QED) is 0.658. The molecule has 0 radical (unpaired) electrons.